The van der Waals surface area contributed by atoms with E-state index in [9.17, 15) is 4.79 Å². The van der Waals surface area contributed by atoms with Crippen molar-refractivity contribution in [1.82, 2.24) is 15.6 Å². The van der Waals surface area contributed by atoms with E-state index in [0.717, 1.165) is 43.6 Å². The third-order valence-electron chi connectivity index (χ3n) is 6.98. The van der Waals surface area contributed by atoms with E-state index in [1.165, 1.54) is 16.5 Å². The molecule has 1 saturated heterocycles. The van der Waals surface area contributed by atoms with Gasteiger partial charge in [-0.25, -0.2) is 0 Å². The van der Waals surface area contributed by atoms with Crippen LogP contribution in [0.25, 0.3) is 10.9 Å². The van der Waals surface area contributed by atoms with E-state index in [4.69, 9.17) is 10.8 Å². The Bertz CT molecular complexity index is 1360. The first kappa shape index (κ1) is 27.8. The number of carbonyl (C=O) groups is 1. The molecule has 0 bridgehead atoms. The molecular weight excluding hydrogens is 484 g/mol. The lowest BCUT2D eigenvalue weighted by Gasteiger charge is -2.27. The van der Waals surface area contributed by atoms with Crippen LogP contribution in [0.3, 0.4) is 0 Å². The standard InChI is InChI=1S/C23H29N5O.C9H9N/c24-21(12-11-18-7-3-1-4-8-18)28(20-9-5-2-6-10-20)22(25)17-27-23(29)19-13-15-26-16-14-19;1-7-6-10-9-5-3-2-4-8(7)9/h1-10,19,24-26H,11-17H2,(H,27,29);2-6,10H,1H3. The summed E-state index contributed by atoms with van der Waals surface area (Å²) in [6.07, 6.45) is 4.94. The minimum absolute atomic E-state index is 0.0000721. The summed E-state index contributed by atoms with van der Waals surface area (Å²) in [5, 5.41) is 24.7. The van der Waals surface area contributed by atoms with Crippen LogP contribution in [-0.2, 0) is 11.2 Å². The van der Waals surface area contributed by atoms with Crippen molar-refractivity contribution in [1.29, 1.82) is 10.8 Å². The topological polar surface area (TPSA) is 108 Å². The number of nitrogens with zero attached hydrogens (tertiary/aromatic N) is 1. The molecule has 1 amide bonds. The Balaban J connectivity index is 0.000000292. The van der Waals surface area contributed by atoms with Crippen LogP contribution in [0.2, 0.25) is 0 Å². The average Bonchev–Trinajstić information content (AvgIpc) is 3.37. The highest BCUT2D eigenvalue weighted by molar-refractivity contribution is 6.18. The molecule has 5 rings (SSSR count). The Labute approximate surface area is 230 Å². The van der Waals surface area contributed by atoms with Gasteiger partial charge in [-0.2, -0.15) is 0 Å². The molecule has 202 valence electrons. The Morgan fingerprint density at radius 1 is 0.897 bits per heavy atom. The van der Waals surface area contributed by atoms with Crippen molar-refractivity contribution in [2.45, 2.75) is 32.6 Å². The number of aromatic amines is 1. The lowest BCUT2D eigenvalue weighted by atomic mass is 9.97. The van der Waals surface area contributed by atoms with Gasteiger partial charge in [0.2, 0.25) is 5.91 Å². The number of piperidine rings is 1. The zero-order chi connectivity index (χ0) is 27.5. The molecule has 2 heterocycles. The number of carbonyl (C=O) groups excluding carboxylic acids is 1. The van der Waals surface area contributed by atoms with Gasteiger partial charge in [0.15, 0.2) is 0 Å². The number of benzene rings is 3. The fraction of sp³-hybridized carbons (Fsp3) is 0.281. The molecule has 1 fully saturated rings. The number of hydrogen-bond donors (Lipinski definition) is 5. The van der Waals surface area contributed by atoms with Gasteiger partial charge < -0.3 is 15.6 Å². The van der Waals surface area contributed by atoms with Gasteiger partial charge in [0.1, 0.15) is 11.7 Å². The molecule has 0 saturated carbocycles. The molecule has 7 heteroatoms. The molecule has 4 aromatic rings. The Kier molecular flexibility index (Phi) is 10.0. The molecular formula is C32H38N6O. The minimum atomic E-state index is 0.0000721. The van der Waals surface area contributed by atoms with Crippen LogP contribution in [0.1, 0.15) is 30.4 Å². The maximum Gasteiger partial charge on any atom is 0.223 e. The number of hydrogen-bond acceptors (Lipinski definition) is 4. The predicted molar refractivity (Wildman–Crippen MR) is 161 cm³/mol. The fourth-order valence-electron chi connectivity index (χ4n) is 4.77. The molecule has 39 heavy (non-hydrogen) atoms. The number of nitrogens with one attached hydrogen (secondary N) is 5. The normalized spacial score (nSPS) is 13.3. The quantitative estimate of drug-likeness (QED) is 0.159. The molecule has 0 aliphatic carbocycles. The summed E-state index contributed by atoms with van der Waals surface area (Å²) in [5.74, 6) is 0.560. The SMILES string of the molecule is Cc1c[nH]c2ccccc12.N=C(CCc1ccccc1)N(C(=N)CNC(=O)C1CCNCC1)c1ccccc1. The minimum Gasteiger partial charge on any atom is -0.361 e. The number of amides is 1. The van der Waals surface area contributed by atoms with Crippen molar-refractivity contribution < 1.29 is 4.79 Å². The summed E-state index contributed by atoms with van der Waals surface area (Å²) in [6.45, 7) is 3.94. The van der Waals surface area contributed by atoms with Gasteiger partial charge in [-0.1, -0.05) is 66.7 Å². The van der Waals surface area contributed by atoms with Gasteiger partial charge >= 0.3 is 0 Å². The van der Waals surface area contributed by atoms with Gasteiger partial charge in [-0.05, 0) is 68.6 Å². The third-order valence-corrected chi connectivity index (χ3v) is 6.98. The summed E-state index contributed by atoms with van der Waals surface area (Å²) >= 11 is 0. The van der Waals surface area contributed by atoms with E-state index in [1.807, 2.05) is 72.9 Å². The first-order valence-electron chi connectivity index (χ1n) is 13.6. The molecule has 0 spiro atoms. The molecule has 0 unspecified atom stereocenters. The number of rotatable bonds is 7. The number of H-pyrrole nitrogens is 1. The van der Waals surface area contributed by atoms with Crippen molar-refractivity contribution in [3.05, 3.63) is 102 Å². The predicted octanol–water partition coefficient (Wildman–Crippen LogP) is 5.67. The second kappa shape index (κ2) is 14.1. The van der Waals surface area contributed by atoms with Gasteiger partial charge in [-0.3, -0.25) is 20.5 Å². The summed E-state index contributed by atoms with van der Waals surface area (Å²) in [5.41, 5.74) is 4.47. The second-order valence-electron chi connectivity index (χ2n) is 9.81. The number of aromatic nitrogens is 1. The second-order valence-corrected chi connectivity index (χ2v) is 9.81. The van der Waals surface area contributed by atoms with Gasteiger partial charge in [0.25, 0.3) is 0 Å². The number of aryl methyl sites for hydroxylation is 2. The zero-order valence-electron chi connectivity index (χ0n) is 22.5. The third kappa shape index (κ3) is 7.88. The monoisotopic (exact) mass is 522 g/mol. The fourth-order valence-corrected chi connectivity index (χ4v) is 4.77. The highest BCUT2D eigenvalue weighted by Gasteiger charge is 2.23. The van der Waals surface area contributed by atoms with Crippen LogP contribution >= 0.6 is 0 Å². The summed E-state index contributed by atoms with van der Waals surface area (Å²) < 4.78 is 0. The van der Waals surface area contributed by atoms with E-state index in [1.54, 1.807) is 4.90 Å². The van der Waals surface area contributed by atoms with Gasteiger partial charge in [0, 0.05) is 35.1 Å². The van der Waals surface area contributed by atoms with Gasteiger partial charge in [-0.15, -0.1) is 0 Å². The van der Waals surface area contributed by atoms with Crippen molar-refractivity contribution in [2.24, 2.45) is 5.92 Å². The van der Waals surface area contributed by atoms with Crippen molar-refractivity contribution >= 4 is 34.2 Å². The largest absolute Gasteiger partial charge is 0.361 e. The first-order chi connectivity index (χ1) is 19.0. The highest BCUT2D eigenvalue weighted by atomic mass is 16.1. The number of amidine groups is 2. The molecule has 0 atom stereocenters. The van der Waals surface area contributed by atoms with Crippen LogP contribution in [0.5, 0.6) is 0 Å². The van der Waals surface area contributed by atoms with Crippen molar-refractivity contribution in [2.75, 3.05) is 24.5 Å². The van der Waals surface area contributed by atoms with Crippen LogP contribution in [-0.4, -0.2) is 42.2 Å². The van der Waals surface area contributed by atoms with Crippen molar-refractivity contribution in [3.8, 4) is 0 Å². The van der Waals surface area contributed by atoms with Gasteiger partial charge in [0.05, 0.1) is 6.54 Å². The van der Waals surface area contributed by atoms with Crippen LogP contribution in [0, 0.1) is 23.7 Å². The summed E-state index contributed by atoms with van der Waals surface area (Å²) in [4.78, 5) is 17.3. The summed E-state index contributed by atoms with van der Waals surface area (Å²) in [7, 11) is 0. The Morgan fingerprint density at radius 2 is 1.54 bits per heavy atom. The van der Waals surface area contributed by atoms with E-state index in [-0.39, 0.29) is 24.2 Å². The van der Waals surface area contributed by atoms with E-state index >= 15 is 0 Å². The van der Waals surface area contributed by atoms with E-state index in [0.29, 0.717) is 12.3 Å². The van der Waals surface area contributed by atoms with Crippen LogP contribution in [0.15, 0.2) is 91.1 Å². The molecule has 1 aliphatic rings. The van der Waals surface area contributed by atoms with E-state index in [2.05, 4.69) is 40.7 Å². The molecule has 1 aromatic heterocycles. The molecule has 1 aliphatic heterocycles. The average molecular weight is 523 g/mol. The smallest absolute Gasteiger partial charge is 0.223 e. The molecule has 7 nitrogen and oxygen atoms in total. The highest BCUT2D eigenvalue weighted by Crippen LogP contribution is 2.18. The maximum absolute atomic E-state index is 12.4. The lowest BCUT2D eigenvalue weighted by Crippen LogP contribution is -2.45. The maximum atomic E-state index is 12.4. The molecule has 3 aromatic carbocycles. The zero-order valence-corrected chi connectivity index (χ0v) is 22.5. The number of anilines is 1. The van der Waals surface area contributed by atoms with Crippen molar-refractivity contribution in [3.63, 3.8) is 0 Å². The number of fused-ring (bicyclic) bond motifs is 1. The van der Waals surface area contributed by atoms with Crippen LogP contribution in [0.4, 0.5) is 5.69 Å². The lowest BCUT2D eigenvalue weighted by molar-refractivity contribution is -0.125. The van der Waals surface area contributed by atoms with Crippen LogP contribution < -0.4 is 15.5 Å². The first-order valence-corrected chi connectivity index (χ1v) is 13.6. The molecule has 5 N–H and O–H groups in total. The molecule has 0 radical (unpaired) electrons. The Morgan fingerprint density at radius 3 is 2.23 bits per heavy atom. The van der Waals surface area contributed by atoms with E-state index < -0.39 is 0 Å². The number of para-hydroxylation sites is 2. The Hall–Kier alpha value is -4.23. The summed E-state index contributed by atoms with van der Waals surface area (Å²) in [6, 6.07) is 27.9.